The number of amidine groups is 2. The molecule has 4 rings (SSSR count). The molecule has 0 bridgehead atoms. The van der Waals surface area contributed by atoms with Gasteiger partial charge >= 0.3 is 17.7 Å². The molecule has 0 saturated carbocycles. The largest absolute Gasteiger partial charge is 0.497 e. The SMILES string of the molecule is COc1ccc([C@@H](CN2C(=O)C3=CN=C(C4CCOCC4)[N+]3N=C2Cl)N(C(=O)O)C(C)(C)C)cc1. The van der Waals surface area contributed by atoms with Crippen LogP contribution in [0.1, 0.15) is 45.2 Å². The van der Waals surface area contributed by atoms with Crippen LogP contribution in [0.25, 0.3) is 0 Å². The van der Waals surface area contributed by atoms with E-state index in [0.29, 0.717) is 36.1 Å². The van der Waals surface area contributed by atoms with Crippen molar-refractivity contribution in [2.45, 2.75) is 45.2 Å². The summed E-state index contributed by atoms with van der Waals surface area (Å²) in [6.07, 6.45) is 1.98. The van der Waals surface area contributed by atoms with Gasteiger partial charge in [0.15, 0.2) is 0 Å². The fourth-order valence-corrected chi connectivity index (χ4v) is 4.81. The third-order valence-electron chi connectivity index (χ3n) is 6.32. The number of carbonyl (C=O) groups excluding carboxylic acids is 1. The van der Waals surface area contributed by atoms with Crippen LogP contribution in [0.3, 0.4) is 0 Å². The summed E-state index contributed by atoms with van der Waals surface area (Å²) in [7, 11) is 1.56. The van der Waals surface area contributed by atoms with Crippen molar-refractivity contribution in [3.05, 3.63) is 41.7 Å². The standard InChI is InChI=1S/C24H30ClN5O5/c1-24(2,3)29(23(32)33)19(15-5-7-17(34-4)8-6-15)14-28-21(31)18-13-26-20(30(18)27-22(28)25)16-9-11-35-12-10-16/h5-8,13,16,19H,9-12,14H2,1-4H3,(H,32,33)/q+1/t19-/m1/s1. The van der Waals surface area contributed by atoms with Crippen molar-refractivity contribution in [3.8, 4) is 5.75 Å². The van der Waals surface area contributed by atoms with Crippen molar-refractivity contribution >= 4 is 34.7 Å². The Balaban J connectivity index is 1.65. The average Bonchev–Trinajstić information content (AvgIpc) is 3.24. The molecular formula is C24H30ClN5O5+. The molecule has 3 heterocycles. The molecular weight excluding hydrogens is 474 g/mol. The maximum atomic E-state index is 13.5. The van der Waals surface area contributed by atoms with E-state index in [1.54, 1.807) is 52.1 Å². The second kappa shape index (κ2) is 9.96. The van der Waals surface area contributed by atoms with Crippen LogP contribution in [-0.4, -0.2) is 70.4 Å². The number of hydrazone groups is 1. The van der Waals surface area contributed by atoms with Gasteiger partial charge in [0, 0.05) is 23.9 Å². The lowest BCUT2D eigenvalue weighted by Crippen LogP contribution is -2.54. The smallest absolute Gasteiger partial charge is 0.408 e. The maximum absolute atomic E-state index is 13.5. The molecule has 1 N–H and O–H groups in total. The van der Waals surface area contributed by atoms with E-state index >= 15 is 0 Å². The highest BCUT2D eigenvalue weighted by atomic mass is 35.5. The van der Waals surface area contributed by atoms with Gasteiger partial charge in [-0.1, -0.05) is 12.1 Å². The lowest BCUT2D eigenvalue weighted by atomic mass is 9.97. The average molecular weight is 504 g/mol. The molecule has 35 heavy (non-hydrogen) atoms. The highest BCUT2D eigenvalue weighted by molar-refractivity contribution is 6.66. The Bertz CT molecular complexity index is 1070. The zero-order valence-electron chi connectivity index (χ0n) is 20.3. The molecule has 0 aliphatic carbocycles. The van der Waals surface area contributed by atoms with Crippen LogP contribution in [0.2, 0.25) is 0 Å². The van der Waals surface area contributed by atoms with Crippen molar-refractivity contribution < 1.29 is 24.2 Å². The Morgan fingerprint density at radius 1 is 1.31 bits per heavy atom. The first-order valence-electron chi connectivity index (χ1n) is 11.5. The van der Waals surface area contributed by atoms with Gasteiger partial charge in [-0.05, 0) is 62.9 Å². The number of nitrogens with zero attached hydrogens (tertiary/aromatic N) is 5. The van der Waals surface area contributed by atoms with Gasteiger partial charge in [0.05, 0.1) is 30.6 Å². The van der Waals surface area contributed by atoms with Crippen LogP contribution in [0.4, 0.5) is 4.79 Å². The van der Waals surface area contributed by atoms with Gasteiger partial charge in [-0.15, -0.1) is 0 Å². The molecule has 2 amide bonds. The maximum Gasteiger partial charge on any atom is 0.408 e. The normalized spacial score (nSPS) is 20.1. The van der Waals surface area contributed by atoms with E-state index in [-0.39, 0.29) is 23.7 Å². The van der Waals surface area contributed by atoms with Crippen LogP contribution in [0.15, 0.2) is 46.3 Å². The molecule has 0 unspecified atom stereocenters. The lowest BCUT2D eigenvalue weighted by molar-refractivity contribution is -0.125. The number of aliphatic imine (C=N–C) groups is 1. The molecule has 1 aromatic rings. The minimum absolute atomic E-state index is 0.0190. The summed E-state index contributed by atoms with van der Waals surface area (Å²) >= 11 is 6.55. The van der Waals surface area contributed by atoms with E-state index < -0.39 is 17.7 Å². The van der Waals surface area contributed by atoms with Crippen LogP contribution in [-0.2, 0) is 9.53 Å². The summed E-state index contributed by atoms with van der Waals surface area (Å²) in [6, 6.07) is 6.38. The summed E-state index contributed by atoms with van der Waals surface area (Å²) in [4.78, 5) is 33.0. The van der Waals surface area contributed by atoms with Gasteiger partial charge < -0.3 is 14.6 Å². The van der Waals surface area contributed by atoms with Gasteiger partial charge in [0.1, 0.15) is 11.9 Å². The van der Waals surface area contributed by atoms with E-state index in [1.807, 2.05) is 0 Å². The van der Waals surface area contributed by atoms with Crippen LogP contribution >= 0.6 is 11.6 Å². The monoisotopic (exact) mass is 503 g/mol. The van der Waals surface area contributed by atoms with Gasteiger partial charge in [-0.3, -0.25) is 14.6 Å². The summed E-state index contributed by atoms with van der Waals surface area (Å²) < 4.78 is 10.7. The number of fused-ring (bicyclic) bond motifs is 1. The van der Waals surface area contributed by atoms with Crippen LogP contribution in [0.5, 0.6) is 5.75 Å². The van der Waals surface area contributed by atoms with E-state index in [2.05, 4.69) is 10.1 Å². The third-order valence-corrected chi connectivity index (χ3v) is 6.60. The minimum atomic E-state index is -1.11. The molecule has 0 spiro atoms. The highest BCUT2D eigenvalue weighted by Crippen LogP contribution is 2.33. The highest BCUT2D eigenvalue weighted by Gasteiger charge is 2.51. The zero-order chi connectivity index (χ0) is 25.3. The number of halogens is 1. The molecule has 11 heteroatoms. The second-order valence-electron chi connectivity index (χ2n) is 9.60. The Kier molecular flexibility index (Phi) is 7.16. The first-order chi connectivity index (χ1) is 16.6. The number of ether oxygens (including phenoxy) is 2. The molecule has 1 radical (unpaired) electrons. The molecule has 187 valence electrons. The molecule has 1 fully saturated rings. The number of methoxy groups -OCH3 is 1. The fraction of sp³-hybridized carbons (Fsp3) is 0.500. The Morgan fingerprint density at radius 2 is 1.97 bits per heavy atom. The summed E-state index contributed by atoms with van der Waals surface area (Å²) in [5.41, 5.74) is 0.237. The van der Waals surface area contributed by atoms with E-state index in [9.17, 15) is 14.7 Å². The minimum Gasteiger partial charge on any atom is -0.497 e. The number of hydrogen-bond donors (Lipinski definition) is 1. The summed E-state index contributed by atoms with van der Waals surface area (Å²) in [6.45, 7) is 6.66. The van der Waals surface area contributed by atoms with Crippen molar-refractivity contribution in [1.82, 2.24) is 14.8 Å². The lowest BCUT2D eigenvalue weighted by Gasteiger charge is -2.41. The van der Waals surface area contributed by atoms with Crippen molar-refractivity contribution in [1.29, 1.82) is 0 Å². The second-order valence-corrected chi connectivity index (χ2v) is 9.94. The van der Waals surface area contributed by atoms with Crippen molar-refractivity contribution in [2.75, 3.05) is 26.9 Å². The number of benzene rings is 1. The molecule has 3 aliphatic heterocycles. The zero-order valence-corrected chi connectivity index (χ0v) is 21.0. The molecule has 0 aromatic heterocycles. The van der Waals surface area contributed by atoms with Gasteiger partial charge in [0.25, 0.3) is 11.1 Å². The first-order valence-corrected chi connectivity index (χ1v) is 11.9. The van der Waals surface area contributed by atoms with Crippen molar-refractivity contribution in [2.24, 2.45) is 16.0 Å². The Labute approximate surface area is 209 Å². The quantitative estimate of drug-likeness (QED) is 0.470. The molecule has 10 nitrogen and oxygen atoms in total. The Morgan fingerprint density at radius 3 is 2.54 bits per heavy atom. The Hall–Kier alpha value is -2.95. The topological polar surface area (TPSA) is 110 Å². The van der Waals surface area contributed by atoms with E-state index in [1.165, 1.54) is 21.0 Å². The molecule has 1 saturated heterocycles. The van der Waals surface area contributed by atoms with E-state index in [0.717, 1.165) is 12.8 Å². The predicted octanol–water partition coefficient (Wildman–Crippen LogP) is 3.69. The van der Waals surface area contributed by atoms with E-state index in [4.69, 9.17) is 21.1 Å². The molecule has 1 atom stereocenters. The number of rotatable bonds is 6. The van der Waals surface area contributed by atoms with Gasteiger partial charge in [0.2, 0.25) is 0 Å². The van der Waals surface area contributed by atoms with Gasteiger partial charge in [-0.25, -0.2) is 4.79 Å². The third kappa shape index (κ3) is 5.05. The first kappa shape index (κ1) is 25.2. The number of carboxylic acid groups (broad SMARTS) is 1. The number of amides is 2. The number of carbonyl (C=O) groups is 2. The van der Waals surface area contributed by atoms with Gasteiger partial charge in [-0.2, -0.15) is 4.99 Å². The summed E-state index contributed by atoms with van der Waals surface area (Å²) in [5.74, 6) is 1.07. The summed E-state index contributed by atoms with van der Waals surface area (Å²) in [5, 5.41) is 16.1. The predicted molar refractivity (Wildman–Crippen MR) is 132 cm³/mol. The van der Waals surface area contributed by atoms with Crippen LogP contribution < -0.4 is 9.75 Å². The molecule has 3 aliphatic rings. The van der Waals surface area contributed by atoms with Crippen molar-refractivity contribution in [3.63, 3.8) is 0 Å². The molecule has 1 aromatic carbocycles. The number of hydrogen-bond acceptors (Lipinski definition) is 7. The van der Waals surface area contributed by atoms with Crippen LogP contribution in [0, 0.1) is 5.92 Å². The fourth-order valence-electron chi connectivity index (χ4n) is 4.58.